The van der Waals surface area contributed by atoms with E-state index in [-0.39, 0.29) is 23.6 Å². The molecule has 5 rings (SSSR count). The lowest BCUT2D eigenvalue weighted by atomic mass is 9.90. The van der Waals surface area contributed by atoms with E-state index >= 15 is 0 Å². The number of ether oxygens (including phenoxy) is 1. The smallest absolute Gasteiger partial charge is 0.256 e. The van der Waals surface area contributed by atoms with E-state index in [9.17, 15) is 15.0 Å². The summed E-state index contributed by atoms with van der Waals surface area (Å²) in [4.78, 5) is 14.8. The summed E-state index contributed by atoms with van der Waals surface area (Å²) in [5.41, 5.74) is 8.25. The fourth-order valence-corrected chi connectivity index (χ4v) is 5.02. The van der Waals surface area contributed by atoms with Gasteiger partial charge in [0.2, 0.25) is 0 Å². The van der Waals surface area contributed by atoms with E-state index in [1.54, 1.807) is 31.4 Å². The van der Waals surface area contributed by atoms with Crippen molar-refractivity contribution in [2.75, 3.05) is 13.7 Å². The van der Waals surface area contributed by atoms with Crippen molar-refractivity contribution in [3.63, 3.8) is 0 Å². The molecule has 37 heavy (non-hydrogen) atoms. The number of carbonyl (C=O) groups is 1. The van der Waals surface area contributed by atoms with Gasteiger partial charge in [0.25, 0.3) is 5.91 Å². The lowest BCUT2D eigenvalue weighted by Crippen LogP contribution is -2.30. The number of allylic oxidation sites excluding steroid dienone is 4. The van der Waals surface area contributed by atoms with E-state index in [1.807, 2.05) is 53.4 Å². The molecule has 1 saturated carbocycles. The summed E-state index contributed by atoms with van der Waals surface area (Å²) < 4.78 is 5.68. The van der Waals surface area contributed by atoms with Crippen molar-refractivity contribution < 1.29 is 19.7 Å². The van der Waals surface area contributed by atoms with Crippen LogP contribution in [0.25, 0.3) is 5.57 Å². The Balaban J connectivity index is 1.40. The molecule has 5 heteroatoms. The zero-order chi connectivity index (χ0) is 25.9. The van der Waals surface area contributed by atoms with Crippen LogP contribution in [0.15, 0.2) is 102 Å². The molecule has 1 fully saturated rings. The third-order valence-corrected chi connectivity index (χ3v) is 7.03. The molecular formula is C32H31NO4. The molecule has 0 spiro atoms. The van der Waals surface area contributed by atoms with E-state index in [4.69, 9.17) is 4.74 Å². The van der Waals surface area contributed by atoms with Crippen LogP contribution in [0.2, 0.25) is 0 Å². The molecule has 1 atom stereocenters. The summed E-state index contributed by atoms with van der Waals surface area (Å²) in [7, 11) is 1.64. The number of hydrogen-bond donors (Lipinski definition) is 2. The quantitative estimate of drug-likeness (QED) is 0.323. The van der Waals surface area contributed by atoms with Crippen molar-refractivity contribution in [1.82, 2.24) is 4.90 Å². The summed E-state index contributed by atoms with van der Waals surface area (Å²) in [6.07, 6.45) is 5.30. The third kappa shape index (κ3) is 5.23. The van der Waals surface area contributed by atoms with E-state index in [2.05, 4.69) is 12.7 Å². The molecule has 0 radical (unpaired) electrons. The molecule has 5 nitrogen and oxygen atoms in total. The van der Waals surface area contributed by atoms with Gasteiger partial charge in [-0.05, 0) is 89.4 Å². The van der Waals surface area contributed by atoms with Crippen LogP contribution in [0.3, 0.4) is 0 Å². The van der Waals surface area contributed by atoms with Crippen molar-refractivity contribution in [3.05, 3.63) is 124 Å². The van der Waals surface area contributed by atoms with Gasteiger partial charge < -0.3 is 19.8 Å². The average molecular weight is 494 g/mol. The molecular weight excluding hydrogens is 462 g/mol. The molecule has 3 aromatic rings. The van der Waals surface area contributed by atoms with Gasteiger partial charge in [-0.3, -0.25) is 4.79 Å². The fraction of sp³-hybridized carbons (Fsp3) is 0.219. The van der Waals surface area contributed by atoms with E-state index < -0.39 is 0 Å². The minimum atomic E-state index is -0.347. The largest absolute Gasteiger partial charge is 0.508 e. The van der Waals surface area contributed by atoms with Crippen LogP contribution >= 0.6 is 0 Å². The Morgan fingerprint density at radius 1 is 0.973 bits per heavy atom. The summed E-state index contributed by atoms with van der Waals surface area (Å²) in [6, 6.07) is 22.1. The molecule has 2 aliphatic rings. The Morgan fingerprint density at radius 2 is 1.57 bits per heavy atom. The predicted molar refractivity (Wildman–Crippen MR) is 145 cm³/mol. The van der Waals surface area contributed by atoms with Gasteiger partial charge in [0.1, 0.15) is 11.5 Å². The number of amides is 1. The van der Waals surface area contributed by atoms with Crippen molar-refractivity contribution in [1.29, 1.82) is 0 Å². The van der Waals surface area contributed by atoms with Gasteiger partial charge in [0.15, 0.2) is 6.23 Å². The van der Waals surface area contributed by atoms with Crippen LogP contribution in [0.1, 0.15) is 59.0 Å². The number of phenols is 2. The van der Waals surface area contributed by atoms with Crippen LogP contribution in [-0.2, 0) is 4.74 Å². The summed E-state index contributed by atoms with van der Waals surface area (Å²) in [6.45, 7) is 4.72. The number of rotatable bonds is 9. The molecule has 0 bridgehead atoms. The van der Waals surface area contributed by atoms with Crippen molar-refractivity contribution in [2.24, 2.45) is 0 Å². The van der Waals surface area contributed by atoms with Crippen molar-refractivity contribution in [3.8, 4) is 11.5 Å². The first-order valence-corrected chi connectivity index (χ1v) is 12.6. The Kier molecular flexibility index (Phi) is 6.97. The molecule has 1 heterocycles. The first-order valence-electron chi connectivity index (χ1n) is 12.6. The second kappa shape index (κ2) is 10.5. The molecule has 0 aromatic heterocycles. The van der Waals surface area contributed by atoms with Gasteiger partial charge in [0.05, 0.1) is 0 Å². The number of carbonyl (C=O) groups excluding carboxylic acids is 1. The molecule has 1 amide bonds. The van der Waals surface area contributed by atoms with Gasteiger partial charge in [-0.15, -0.1) is 0 Å². The normalized spacial score (nSPS) is 17.3. The number of methoxy groups -OCH3 is 1. The van der Waals surface area contributed by atoms with Crippen LogP contribution in [0.5, 0.6) is 11.5 Å². The maximum absolute atomic E-state index is 13.0. The molecule has 2 N–H and O–H groups in total. The van der Waals surface area contributed by atoms with Gasteiger partial charge in [-0.25, -0.2) is 0 Å². The molecule has 1 aliphatic carbocycles. The number of hydrogen-bond acceptors (Lipinski definition) is 4. The maximum Gasteiger partial charge on any atom is 0.256 e. The second-order valence-corrected chi connectivity index (χ2v) is 9.57. The highest BCUT2D eigenvalue weighted by Crippen LogP contribution is 2.40. The second-order valence-electron chi connectivity index (χ2n) is 9.57. The lowest BCUT2D eigenvalue weighted by molar-refractivity contribution is -0.0130. The number of fused-ring (bicyclic) bond motifs is 1. The minimum Gasteiger partial charge on any atom is -0.508 e. The maximum atomic E-state index is 13.0. The zero-order valence-corrected chi connectivity index (χ0v) is 21.0. The minimum absolute atomic E-state index is 0.0171. The zero-order valence-electron chi connectivity index (χ0n) is 21.0. The van der Waals surface area contributed by atoms with E-state index in [0.717, 1.165) is 53.5 Å². The number of phenolic OH excluding ortho intramolecular Hbond substituents is 2. The first kappa shape index (κ1) is 24.6. The van der Waals surface area contributed by atoms with Gasteiger partial charge in [-0.2, -0.15) is 0 Å². The monoisotopic (exact) mass is 493 g/mol. The highest BCUT2D eigenvalue weighted by molar-refractivity contribution is 5.98. The molecule has 1 unspecified atom stereocenters. The fourth-order valence-electron chi connectivity index (χ4n) is 5.02. The van der Waals surface area contributed by atoms with Gasteiger partial charge in [-0.1, -0.05) is 55.1 Å². The summed E-state index contributed by atoms with van der Waals surface area (Å²) in [5.74, 6) is 0.449. The van der Waals surface area contributed by atoms with Gasteiger partial charge >= 0.3 is 0 Å². The third-order valence-electron chi connectivity index (χ3n) is 7.03. The Hall–Kier alpha value is -4.09. The Morgan fingerprint density at radius 3 is 2.14 bits per heavy atom. The van der Waals surface area contributed by atoms with E-state index in [0.29, 0.717) is 12.1 Å². The van der Waals surface area contributed by atoms with Crippen LogP contribution < -0.4 is 0 Å². The highest BCUT2D eigenvalue weighted by Gasteiger charge is 2.36. The van der Waals surface area contributed by atoms with Crippen molar-refractivity contribution in [2.45, 2.75) is 31.9 Å². The Bertz CT molecular complexity index is 1340. The number of benzene rings is 3. The molecule has 3 aromatic carbocycles. The summed E-state index contributed by atoms with van der Waals surface area (Å²) >= 11 is 0. The van der Waals surface area contributed by atoms with Crippen LogP contribution in [0, 0.1) is 0 Å². The SMILES string of the molecule is C=C1C/C1=C\C(CCCCN1C(=O)c2ccccc2C1OC)=C(c1ccc(O)cc1)c1ccc(O)cc1. The highest BCUT2D eigenvalue weighted by atomic mass is 16.5. The van der Waals surface area contributed by atoms with Crippen molar-refractivity contribution >= 4 is 11.5 Å². The van der Waals surface area contributed by atoms with Crippen LogP contribution in [-0.4, -0.2) is 34.7 Å². The molecule has 1 aliphatic heterocycles. The van der Waals surface area contributed by atoms with Gasteiger partial charge in [0, 0.05) is 24.8 Å². The number of aromatic hydroxyl groups is 2. The molecule has 0 saturated heterocycles. The number of nitrogens with zero attached hydrogens (tertiary/aromatic N) is 1. The standard InChI is InChI=1S/C32H31NO4/c1-21-19-25(21)20-24(30(22-10-14-26(34)15-11-22)23-12-16-27(35)17-13-23)7-5-6-18-33-31(36)28-8-3-4-9-29(28)32(33)37-2/h3-4,8-17,20,32,34-35H,1,5-7,18-19H2,2H3/b25-20+. The molecule has 188 valence electrons. The first-order chi connectivity index (χ1) is 18.0. The van der Waals surface area contributed by atoms with Crippen LogP contribution in [0.4, 0.5) is 0 Å². The number of unbranched alkanes of at least 4 members (excludes halogenated alkanes) is 1. The Labute approximate surface area is 217 Å². The van der Waals surface area contributed by atoms with E-state index in [1.165, 1.54) is 11.1 Å². The summed E-state index contributed by atoms with van der Waals surface area (Å²) in [5, 5.41) is 19.7. The predicted octanol–water partition coefficient (Wildman–Crippen LogP) is 6.76. The lowest BCUT2D eigenvalue weighted by Gasteiger charge is -2.24. The topological polar surface area (TPSA) is 70.0 Å². The average Bonchev–Trinajstić information content (AvgIpc) is 3.53.